The van der Waals surface area contributed by atoms with Crippen LogP contribution in [0.15, 0.2) is 42.5 Å². The zero-order valence-corrected chi connectivity index (χ0v) is 17.0. The summed E-state index contributed by atoms with van der Waals surface area (Å²) in [5.74, 6) is 1.24. The van der Waals surface area contributed by atoms with Crippen molar-refractivity contribution >= 4 is 0 Å². The topological polar surface area (TPSA) is 85.1 Å². The van der Waals surface area contributed by atoms with Crippen LogP contribution in [0, 0.1) is 11.3 Å². The van der Waals surface area contributed by atoms with Gasteiger partial charge < -0.3 is 16.2 Å². The third-order valence-electron chi connectivity index (χ3n) is 5.56. The van der Waals surface area contributed by atoms with E-state index in [-0.39, 0.29) is 0 Å². The van der Waals surface area contributed by atoms with Crippen LogP contribution in [0.4, 0.5) is 0 Å². The van der Waals surface area contributed by atoms with Crippen molar-refractivity contribution in [1.82, 2.24) is 0 Å². The number of benzene rings is 2. The smallest absolute Gasteiger partial charge is 0.131 e. The minimum absolute atomic E-state index is 0.464. The molecule has 0 aliphatic carbocycles. The summed E-state index contributed by atoms with van der Waals surface area (Å²) in [6.45, 7) is 11.1. The first-order chi connectivity index (χ1) is 13.3. The van der Waals surface area contributed by atoms with Gasteiger partial charge in [-0.15, -0.1) is 0 Å². The van der Waals surface area contributed by atoms with E-state index >= 15 is 0 Å². The number of nitriles is 1. The first-order valence-corrected chi connectivity index (χ1v) is 9.90. The van der Waals surface area contributed by atoms with Gasteiger partial charge in [0.15, 0.2) is 0 Å². The fourth-order valence-electron chi connectivity index (χ4n) is 3.79. The standard InChI is InChI=1S/C24H29N3O/c1-5-6-16(4)24(26,27)22-13-20(18-9-7-17(8-10-18)15(2)3)23-19(11-12-28-23)21(22)14-25/h7-10,13,15H,4-6,11-12,26-27H2,1-3H3. The van der Waals surface area contributed by atoms with E-state index in [4.69, 9.17) is 16.2 Å². The van der Waals surface area contributed by atoms with Crippen LogP contribution < -0.4 is 16.2 Å². The molecule has 0 bridgehead atoms. The zero-order chi connectivity index (χ0) is 20.5. The fourth-order valence-corrected chi connectivity index (χ4v) is 3.79. The molecule has 2 aromatic carbocycles. The predicted octanol–water partition coefficient (Wildman–Crippen LogP) is 4.71. The second-order valence-electron chi connectivity index (χ2n) is 7.86. The Morgan fingerprint density at radius 3 is 2.54 bits per heavy atom. The van der Waals surface area contributed by atoms with Crippen molar-refractivity contribution in [3.8, 4) is 22.9 Å². The third-order valence-corrected chi connectivity index (χ3v) is 5.56. The summed E-state index contributed by atoms with van der Waals surface area (Å²) in [5, 5.41) is 9.87. The lowest BCUT2D eigenvalue weighted by atomic mass is 9.83. The molecule has 0 amide bonds. The number of rotatable bonds is 6. The van der Waals surface area contributed by atoms with E-state index in [1.54, 1.807) is 0 Å². The molecule has 4 heteroatoms. The van der Waals surface area contributed by atoms with Gasteiger partial charge >= 0.3 is 0 Å². The van der Waals surface area contributed by atoms with Crippen LogP contribution >= 0.6 is 0 Å². The second-order valence-corrected chi connectivity index (χ2v) is 7.86. The second kappa shape index (κ2) is 7.79. The molecule has 0 atom stereocenters. The highest BCUT2D eigenvalue weighted by Gasteiger charge is 2.33. The van der Waals surface area contributed by atoms with Crippen molar-refractivity contribution < 1.29 is 4.74 Å². The Hall–Kier alpha value is -2.61. The molecule has 0 saturated heterocycles. The Bertz CT molecular complexity index is 934. The summed E-state index contributed by atoms with van der Waals surface area (Å²) in [6.07, 6.45) is 2.29. The molecule has 0 unspecified atom stereocenters. The van der Waals surface area contributed by atoms with Crippen molar-refractivity contribution in [2.45, 2.75) is 51.6 Å². The molecule has 3 rings (SSSR count). The summed E-state index contributed by atoms with van der Waals surface area (Å²) in [5.41, 5.74) is 17.8. The van der Waals surface area contributed by atoms with Crippen LogP contribution in [-0.4, -0.2) is 6.61 Å². The van der Waals surface area contributed by atoms with E-state index in [0.29, 0.717) is 36.5 Å². The molecule has 2 aromatic rings. The molecule has 0 saturated carbocycles. The molecule has 4 N–H and O–H groups in total. The highest BCUT2D eigenvalue weighted by atomic mass is 16.5. The van der Waals surface area contributed by atoms with Gasteiger partial charge in [-0.05, 0) is 35.1 Å². The predicted molar refractivity (Wildman–Crippen MR) is 114 cm³/mol. The molecular formula is C24H29N3O. The van der Waals surface area contributed by atoms with E-state index in [0.717, 1.165) is 34.4 Å². The van der Waals surface area contributed by atoms with Crippen molar-refractivity contribution in [2.75, 3.05) is 6.61 Å². The molecular weight excluding hydrogens is 346 g/mol. The SMILES string of the molecule is C=C(CCC)C(N)(N)c1cc(-c2ccc(C(C)C)cc2)c2c(c1C#N)CCO2. The van der Waals surface area contributed by atoms with E-state index < -0.39 is 5.66 Å². The van der Waals surface area contributed by atoms with Gasteiger partial charge in [0.05, 0.1) is 18.2 Å². The lowest BCUT2D eigenvalue weighted by Crippen LogP contribution is -2.48. The lowest BCUT2D eigenvalue weighted by molar-refractivity contribution is 0.358. The number of hydrogen-bond acceptors (Lipinski definition) is 4. The Morgan fingerprint density at radius 2 is 1.96 bits per heavy atom. The lowest BCUT2D eigenvalue weighted by Gasteiger charge is -2.30. The quantitative estimate of drug-likeness (QED) is 0.565. The molecule has 28 heavy (non-hydrogen) atoms. The minimum Gasteiger partial charge on any atom is -0.492 e. The van der Waals surface area contributed by atoms with Gasteiger partial charge in [0.25, 0.3) is 0 Å². The monoisotopic (exact) mass is 375 g/mol. The van der Waals surface area contributed by atoms with Crippen molar-refractivity contribution in [2.24, 2.45) is 11.5 Å². The van der Waals surface area contributed by atoms with Crippen LogP contribution in [0.25, 0.3) is 11.1 Å². The fraction of sp³-hybridized carbons (Fsp3) is 0.375. The van der Waals surface area contributed by atoms with Crippen LogP contribution in [0.1, 0.15) is 61.8 Å². The molecule has 1 aliphatic rings. The van der Waals surface area contributed by atoms with Crippen LogP contribution in [0.5, 0.6) is 5.75 Å². The van der Waals surface area contributed by atoms with E-state index in [1.807, 2.05) is 6.07 Å². The summed E-state index contributed by atoms with van der Waals surface area (Å²) in [7, 11) is 0. The highest BCUT2D eigenvalue weighted by molar-refractivity contribution is 5.77. The number of fused-ring (bicyclic) bond motifs is 1. The largest absolute Gasteiger partial charge is 0.492 e. The molecule has 0 spiro atoms. The minimum atomic E-state index is -1.26. The third kappa shape index (κ3) is 3.44. The molecule has 0 radical (unpaired) electrons. The van der Waals surface area contributed by atoms with E-state index in [9.17, 15) is 5.26 Å². The average molecular weight is 376 g/mol. The maximum atomic E-state index is 9.87. The van der Waals surface area contributed by atoms with Gasteiger partial charge in [-0.1, -0.05) is 58.0 Å². The summed E-state index contributed by atoms with van der Waals surface area (Å²) < 4.78 is 5.92. The molecule has 4 nitrogen and oxygen atoms in total. The van der Waals surface area contributed by atoms with Crippen LogP contribution in [-0.2, 0) is 12.1 Å². The number of hydrogen-bond donors (Lipinski definition) is 2. The first-order valence-electron chi connectivity index (χ1n) is 9.90. The van der Waals surface area contributed by atoms with Crippen molar-refractivity contribution in [3.05, 3.63) is 64.7 Å². The number of nitrogens with zero attached hydrogens (tertiary/aromatic N) is 1. The summed E-state index contributed by atoms with van der Waals surface area (Å²) in [4.78, 5) is 0. The van der Waals surface area contributed by atoms with Gasteiger partial charge in [0, 0.05) is 23.1 Å². The van der Waals surface area contributed by atoms with Gasteiger partial charge in [0.1, 0.15) is 11.4 Å². The number of nitrogens with two attached hydrogens (primary N) is 2. The van der Waals surface area contributed by atoms with E-state index in [1.165, 1.54) is 5.56 Å². The molecule has 0 fully saturated rings. The van der Waals surface area contributed by atoms with Crippen molar-refractivity contribution in [3.63, 3.8) is 0 Å². The van der Waals surface area contributed by atoms with Crippen molar-refractivity contribution in [1.29, 1.82) is 5.26 Å². The van der Waals surface area contributed by atoms with E-state index in [2.05, 4.69) is 57.7 Å². The van der Waals surface area contributed by atoms with Gasteiger partial charge in [-0.3, -0.25) is 0 Å². The van der Waals surface area contributed by atoms with Gasteiger partial charge in [-0.2, -0.15) is 5.26 Å². The molecule has 1 aliphatic heterocycles. The maximum Gasteiger partial charge on any atom is 0.131 e. The average Bonchev–Trinajstić information content (AvgIpc) is 3.16. The normalized spacial score (nSPS) is 13.2. The molecule has 0 aromatic heterocycles. The Balaban J connectivity index is 2.21. The van der Waals surface area contributed by atoms with Crippen LogP contribution in [0.3, 0.4) is 0 Å². The first kappa shape index (κ1) is 20.1. The number of ether oxygens (including phenoxy) is 1. The van der Waals surface area contributed by atoms with Gasteiger partial charge in [-0.25, -0.2) is 0 Å². The molecule has 146 valence electrons. The zero-order valence-electron chi connectivity index (χ0n) is 17.0. The summed E-state index contributed by atoms with van der Waals surface area (Å²) in [6, 6.07) is 12.7. The Morgan fingerprint density at radius 1 is 1.29 bits per heavy atom. The Labute approximate surface area is 167 Å². The van der Waals surface area contributed by atoms with Gasteiger partial charge in [0.2, 0.25) is 0 Å². The maximum absolute atomic E-state index is 9.87. The van der Waals surface area contributed by atoms with Crippen LogP contribution in [0.2, 0.25) is 0 Å². The summed E-state index contributed by atoms with van der Waals surface area (Å²) >= 11 is 0. The Kier molecular flexibility index (Phi) is 5.60. The molecule has 1 heterocycles. The highest BCUT2D eigenvalue weighted by Crippen LogP contribution is 2.43.